The molecule has 4 rings (SSSR count). The molecule has 1 aromatic carbocycles. The number of carbonyl (C=O) groups is 1. The molecule has 1 amide bonds. The van der Waals surface area contributed by atoms with Gasteiger partial charge in [0.25, 0.3) is 5.89 Å². The maximum Gasteiger partial charge on any atom is 0.279 e. The molecule has 0 spiro atoms. The molecule has 3 heterocycles. The fraction of sp³-hybridized carbons (Fsp3) is 0.294. The largest absolute Gasteiger partial charge is 0.338 e. The Kier molecular flexibility index (Phi) is 3.60. The van der Waals surface area contributed by atoms with E-state index in [0.717, 1.165) is 11.3 Å². The van der Waals surface area contributed by atoms with Gasteiger partial charge in [-0.25, -0.2) is 4.39 Å². The predicted molar refractivity (Wildman–Crippen MR) is 86.7 cm³/mol. The topological polar surface area (TPSA) is 77.1 Å². The number of aryl methyl sites for hydroxylation is 1. The molecule has 0 radical (unpaired) electrons. The zero-order valence-corrected chi connectivity index (χ0v) is 13.9. The molecule has 8 heteroatoms. The van der Waals surface area contributed by atoms with Gasteiger partial charge in [-0.05, 0) is 12.1 Å². The summed E-state index contributed by atoms with van der Waals surface area (Å²) in [5.74, 6) is -0.00840. The van der Waals surface area contributed by atoms with Crippen LogP contribution in [0.25, 0.3) is 23.0 Å². The summed E-state index contributed by atoms with van der Waals surface area (Å²) in [5.41, 5.74) is 2.75. The van der Waals surface area contributed by atoms with E-state index in [9.17, 15) is 9.18 Å². The predicted octanol–water partition coefficient (Wildman–Crippen LogP) is 2.18. The van der Waals surface area contributed by atoms with Gasteiger partial charge in [0.05, 0.1) is 5.56 Å². The van der Waals surface area contributed by atoms with Crippen LogP contribution in [0.4, 0.5) is 4.39 Å². The van der Waals surface area contributed by atoms with Gasteiger partial charge in [0, 0.05) is 44.7 Å². The van der Waals surface area contributed by atoms with Gasteiger partial charge in [0.15, 0.2) is 5.69 Å². The lowest BCUT2D eigenvalue weighted by Gasteiger charge is -2.26. The second-order valence-corrected chi connectivity index (χ2v) is 5.99. The normalized spacial score (nSPS) is 13.8. The van der Waals surface area contributed by atoms with Crippen LogP contribution < -0.4 is 0 Å². The van der Waals surface area contributed by atoms with Crippen molar-refractivity contribution in [3.8, 4) is 23.0 Å². The van der Waals surface area contributed by atoms with Crippen LogP contribution in [0.5, 0.6) is 0 Å². The quantitative estimate of drug-likeness (QED) is 0.714. The van der Waals surface area contributed by atoms with E-state index >= 15 is 0 Å². The van der Waals surface area contributed by atoms with E-state index in [1.807, 2.05) is 7.05 Å². The Morgan fingerprint density at radius 3 is 2.88 bits per heavy atom. The van der Waals surface area contributed by atoms with E-state index in [0.29, 0.717) is 25.2 Å². The number of hydrogen-bond donors (Lipinski definition) is 0. The van der Waals surface area contributed by atoms with Gasteiger partial charge in [-0.3, -0.25) is 9.48 Å². The third-order valence-electron chi connectivity index (χ3n) is 4.43. The first-order valence-corrected chi connectivity index (χ1v) is 7.94. The molecule has 0 N–H and O–H groups in total. The molecule has 0 unspecified atom stereocenters. The van der Waals surface area contributed by atoms with E-state index in [1.54, 1.807) is 34.7 Å². The summed E-state index contributed by atoms with van der Waals surface area (Å²) in [5, 5.41) is 8.35. The zero-order chi connectivity index (χ0) is 17.6. The van der Waals surface area contributed by atoms with E-state index in [2.05, 4.69) is 15.2 Å². The summed E-state index contributed by atoms with van der Waals surface area (Å²) in [6.45, 7) is 2.65. The molecule has 0 saturated carbocycles. The maximum absolute atomic E-state index is 13.9. The van der Waals surface area contributed by atoms with Crippen molar-refractivity contribution in [2.45, 2.75) is 19.9 Å². The average molecular weight is 341 g/mol. The van der Waals surface area contributed by atoms with Crippen LogP contribution >= 0.6 is 0 Å². The summed E-state index contributed by atoms with van der Waals surface area (Å²) in [7, 11) is 1.85. The molecule has 0 fully saturated rings. The van der Waals surface area contributed by atoms with Crippen LogP contribution in [0.3, 0.4) is 0 Å². The summed E-state index contributed by atoms with van der Waals surface area (Å²) in [6, 6.07) is 6.25. The number of hydrogen-bond acceptors (Lipinski definition) is 5. The Labute approximate surface area is 143 Å². The third-order valence-corrected chi connectivity index (χ3v) is 4.43. The molecule has 128 valence electrons. The molecule has 1 aliphatic rings. The lowest BCUT2D eigenvalue weighted by atomic mass is 10.0. The lowest BCUT2D eigenvalue weighted by molar-refractivity contribution is -0.129. The highest BCUT2D eigenvalue weighted by Gasteiger charge is 2.28. The molecule has 2 aromatic heterocycles. The van der Waals surface area contributed by atoms with Crippen molar-refractivity contribution >= 4 is 5.91 Å². The summed E-state index contributed by atoms with van der Waals surface area (Å²) in [6.07, 6.45) is 0.715. The van der Waals surface area contributed by atoms with Crippen molar-refractivity contribution in [1.29, 1.82) is 0 Å². The highest BCUT2D eigenvalue weighted by molar-refractivity contribution is 5.74. The first-order chi connectivity index (χ1) is 12.0. The van der Waals surface area contributed by atoms with E-state index < -0.39 is 5.82 Å². The number of nitrogens with zero attached hydrogens (tertiary/aromatic N) is 5. The monoisotopic (exact) mass is 341 g/mol. The van der Waals surface area contributed by atoms with Crippen LogP contribution in [-0.2, 0) is 24.8 Å². The molecular weight excluding hydrogens is 325 g/mol. The van der Waals surface area contributed by atoms with Crippen LogP contribution in [-0.4, -0.2) is 37.3 Å². The number of fused-ring (bicyclic) bond motifs is 1. The highest BCUT2D eigenvalue weighted by atomic mass is 19.1. The van der Waals surface area contributed by atoms with Gasteiger partial charge in [-0.1, -0.05) is 17.3 Å². The summed E-state index contributed by atoms with van der Waals surface area (Å²) >= 11 is 0. The van der Waals surface area contributed by atoms with Crippen molar-refractivity contribution < 1.29 is 13.7 Å². The number of aromatic nitrogens is 4. The van der Waals surface area contributed by atoms with Crippen molar-refractivity contribution in [1.82, 2.24) is 24.8 Å². The van der Waals surface area contributed by atoms with Crippen molar-refractivity contribution in [3.05, 3.63) is 41.3 Å². The SMILES string of the molecule is CC(=O)N1CCc2c(c(-c3nc(-c4ccccc4F)no3)nn2C)C1. The van der Waals surface area contributed by atoms with Crippen molar-refractivity contribution in [3.63, 3.8) is 0 Å². The van der Waals surface area contributed by atoms with Gasteiger partial charge in [0.1, 0.15) is 5.82 Å². The fourth-order valence-electron chi connectivity index (χ4n) is 3.10. The van der Waals surface area contributed by atoms with E-state index in [1.165, 1.54) is 6.07 Å². The minimum atomic E-state index is -0.416. The average Bonchev–Trinajstić information content (AvgIpc) is 3.20. The Morgan fingerprint density at radius 1 is 1.32 bits per heavy atom. The molecule has 0 atom stereocenters. The maximum atomic E-state index is 13.9. The van der Waals surface area contributed by atoms with Crippen LogP contribution in [0.15, 0.2) is 28.8 Å². The lowest BCUT2D eigenvalue weighted by Crippen LogP contribution is -2.34. The number of amides is 1. The van der Waals surface area contributed by atoms with Gasteiger partial charge in [-0.2, -0.15) is 10.1 Å². The first-order valence-electron chi connectivity index (χ1n) is 7.94. The molecule has 7 nitrogen and oxygen atoms in total. The molecule has 0 aliphatic carbocycles. The number of halogens is 1. The minimum Gasteiger partial charge on any atom is -0.338 e. The Hall–Kier alpha value is -3.03. The van der Waals surface area contributed by atoms with Crippen LogP contribution in [0, 0.1) is 5.82 Å². The zero-order valence-electron chi connectivity index (χ0n) is 13.9. The number of rotatable bonds is 2. The molecule has 0 bridgehead atoms. The second kappa shape index (κ2) is 5.80. The minimum absolute atomic E-state index is 0.0121. The number of carbonyl (C=O) groups excluding carboxylic acids is 1. The molecule has 1 aliphatic heterocycles. The van der Waals surface area contributed by atoms with E-state index in [-0.39, 0.29) is 23.2 Å². The second-order valence-electron chi connectivity index (χ2n) is 5.99. The van der Waals surface area contributed by atoms with Crippen molar-refractivity contribution in [2.24, 2.45) is 7.05 Å². The Morgan fingerprint density at radius 2 is 2.12 bits per heavy atom. The van der Waals surface area contributed by atoms with Crippen LogP contribution in [0.2, 0.25) is 0 Å². The molecule has 3 aromatic rings. The highest BCUT2D eigenvalue weighted by Crippen LogP contribution is 2.30. The Balaban J connectivity index is 1.75. The van der Waals surface area contributed by atoms with Gasteiger partial charge in [-0.15, -0.1) is 0 Å². The Bertz CT molecular complexity index is 962. The van der Waals surface area contributed by atoms with Gasteiger partial charge >= 0.3 is 0 Å². The van der Waals surface area contributed by atoms with Gasteiger partial charge in [0.2, 0.25) is 11.7 Å². The van der Waals surface area contributed by atoms with E-state index in [4.69, 9.17) is 4.52 Å². The summed E-state index contributed by atoms with van der Waals surface area (Å²) in [4.78, 5) is 17.8. The molecule has 0 saturated heterocycles. The van der Waals surface area contributed by atoms with Gasteiger partial charge < -0.3 is 9.42 Å². The first kappa shape index (κ1) is 15.5. The summed E-state index contributed by atoms with van der Waals surface area (Å²) < 4.78 is 21.0. The number of benzene rings is 1. The van der Waals surface area contributed by atoms with Crippen LogP contribution in [0.1, 0.15) is 18.2 Å². The third kappa shape index (κ3) is 2.59. The fourth-order valence-corrected chi connectivity index (χ4v) is 3.10. The van der Waals surface area contributed by atoms with Crippen molar-refractivity contribution in [2.75, 3.05) is 6.54 Å². The molecular formula is C17H16FN5O2. The smallest absolute Gasteiger partial charge is 0.279 e. The standard InChI is InChI=1S/C17H16FN5O2/c1-10(24)23-8-7-14-12(9-23)15(20-22(14)2)17-19-16(21-25-17)11-5-3-4-6-13(11)18/h3-6H,7-9H2,1-2H3. The molecule has 25 heavy (non-hydrogen) atoms.